The number of fused-ring (bicyclic) bond motifs is 1. The van der Waals surface area contributed by atoms with Crippen LogP contribution in [0.25, 0.3) is 0 Å². The van der Waals surface area contributed by atoms with Crippen molar-refractivity contribution in [2.24, 2.45) is 5.92 Å². The third-order valence-electron chi connectivity index (χ3n) is 3.09. The van der Waals surface area contributed by atoms with Crippen molar-refractivity contribution in [3.8, 4) is 0 Å². The molecule has 1 aromatic carbocycles. The fraction of sp³-hybridized carbons (Fsp3) is 0.571. The summed E-state index contributed by atoms with van der Waals surface area (Å²) >= 11 is 0. The van der Waals surface area contributed by atoms with E-state index in [1.54, 1.807) is 0 Å². The first-order chi connectivity index (χ1) is 7.65. The van der Waals surface area contributed by atoms with Crippen LogP contribution in [-0.4, -0.2) is 19.1 Å². The molecule has 0 fully saturated rings. The molecule has 1 heterocycles. The van der Waals surface area contributed by atoms with E-state index in [1.165, 1.54) is 16.8 Å². The molecule has 1 atom stereocenters. The highest BCUT2D eigenvalue weighted by Crippen LogP contribution is 2.22. The zero-order valence-corrected chi connectivity index (χ0v) is 10.5. The van der Waals surface area contributed by atoms with Gasteiger partial charge >= 0.3 is 0 Å². The Morgan fingerprint density at radius 3 is 3.00 bits per heavy atom. The van der Waals surface area contributed by atoms with Crippen LogP contribution >= 0.6 is 0 Å². The Labute approximate surface area is 98.4 Å². The predicted octanol–water partition coefficient (Wildman–Crippen LogP) is 2.58. The highest BCUT2D eigenvalue weighted by Gasteiger charge is 2.17. The number of benzene rings is 1. The second-order valence-corrected chi connectivity index (χ2v) is 5.24. The van der Waals surface area contributed by atoms with Crippen molar-refractivity contribution in [2.45, 2.75) is 33.2 Å². The first-order valence-electron chi connectivity index (χ1n) is 6.22. The molecule has 0 saturated heterocycles. The maximum Gasteiger partial charge on any atom is 0.0376 e. The van der Waals surface area contributed by atoms with Gasteiger partial charge in [-0.25, -0.2) is 0 Å². The van der Waals surface area contributed by atoms with Crippen LogP contribution < -0.4 is 10.6 Å². The Hall–Kier alpha value is -1.02. The van der Waals surface area contributed by atoms with Gasteiger partial charge in [0.2, 0.25) is 0 Å². The van der Waals surface area contributed by atoms with Crippen LogP contribution in [-0.2, 0) is 6.42 Å². The lowest BCUT2D eigenvalue weighted by atomic mass is 9.98. The summed E-state index contributed by atoms with van der Waals surface area (Å²) in [6.45, 7) is 8.79. The molecule has 2 rings (SSSR count). The van der Waals surface area contributed by atoms with Gasteiger partial charge < -0.3 is 10.6 Å². The molecule has 1 aliphatic rings. The number of anilines is 1. The smallest absolute Gasteiger partial charge is 0.0376 e. The lowest BCUT2D eigenvalue weighted by Crippen LogP contribution is -2.41. The van der Waals surface area contributed by atoms with Crippen molar-refractivity contribution < 1.29 is 0 Å². The minimum atomic E-state index is 0.581. The molecule has 16 heavy (non-hydrogen) atoms. The third kappa shape index (κ3) is 2.76. The maximum atomic E-state index is 3.61. The molecule has 0 bridgehead atoms. The van der Waals surface area contributed by atoms with E-state index in [2.05, 4.69) is 49.6 Å². The van der Waals surface area contributed by atoms with Crippen molar-refractivity contribution in [3.05, 3.63) is 29.3 Å². The van der Waals surface area contributed by atoms with E-state index in [9.17, 15) is 0 Å². The topological polar surface area (TPSA) is 24.1 Å². The van der Waals surface area contributed by atoms with Gasteiger partial charge in [-0.15, -0.1) is 0 Å². The van der Waals surface area contributed by atoms with Crippen LogP contribution in [0.15, 0.2) is 18.2 Å². The number of aryl methyl sites for hydroxylation is 1. The van der Waals surface area contributed by atoms with Crippen LogP contribution in [0.1, 0.15) is 25.0 Å². The lowest BCUT2D eigenvalue weighted by molar-refractivity contribution is 0.465. The van der Waals surface area contributed by atoms with Gasteiger partial charge in [-0.2, -0.15) is 0 Å². The summed E-state index contributed by atoms with van der Waals surface area (Å²) in [7, 11) is 0. The molecule has 0 spiro atoms. The summed E-state index contributed by atoms with van der Waals surface area (Å²) in [4.78, 5) is 0. The van der Waals surface area contributed by atoms with Crippen molar-refractivity contribution in [2.75, 3.05) is 18.4 Å². The Bertz CT molecular complexity index is 358. The molecule has 0 radical (unpaired) electrons. The van der Waals surface area contributed by atoms with E-state index in [1.807, 2.05) is 0 Å². The molecule has 0 aliphatic carbocycles. The van der Waals surface area contributed by atoms with Crippen LogP contribution in [0.3, 0.4) is 0 Å². The van der Waals surface area contributed by atoms with Crippen LogP contribution in [0.2, 0.25) is 0 Å². The highest BCUT2D eigenvalue weighted by atomic mass is 15.0. The van der Waals surface area contributed by atoms with E-state index < -0.39 is 0 Å². The van der Waals surface area contributed by atoms with E-state index >= 15 is 0 Å². The Balaban J connectivity index is 1.98. The third-order valence-corrected chi connectivity index (χ3v) is 3.09. The number of rotatable bonds is 3. The summed E-state index contributed by atoms with van der Waals surface area (Å²) in [5.74, 6) is 0.722. The van der Waals surface area contributed by atoms with Gasteiger partial charge in [-0.1, -0.05) is 26.0 Å². The van der Waals surface area contributed by atoms with Crippen LogP contribution in [0.4, 0.5) is 5.69 Å². The largest absolute Gasteiger partial charge is 0.383 e. The first kappa shape index (κ1) is 11.5. The maximum absolute atomic E-state index is 3.61. The molecular weight excluding hydrogens is 196 g/mol. The van der Waals surface area contributed by atoms with Crippen molar-refractivity contribution in [3.63, 3.8) is 0 Å². The second kappa shape index (κ2) is 4.88. The van der Waals surface area contributed by atoms with Gasteiger partial charge in [-0.05, 0) is 43.0 Å². The molecule has 2 N–H and O–H groups in total. The van der Waals surface area contributed by atoms with Gasteiger partial charge in [0.1, 0.15) is 0 Å². The van der Waals surface area contributed by atoms with Gasteiger partial charge in [-0.3, -0.25) is 0 Å². The highest BCUT2D eigenvalue weighted by molar-refractivity contribution is 5.55. The Kier molecular flexibility index (Phi) is 3.49. The molecule has 88 valence electrons. The molecular formula is C14H22N2. The molecule has 0 aromatic heterocycles. The molecule has 1 aromatic rings. The van der Waals surface area contributed by atoms with Gasteiger partial charge in [0.25, 0.3) is 0 Å². The average molecular weight is 218 g/mol. The molecule has 0 amide bonds. The van der Waals surface area contributed by atoms with E-state index in [0.29, 0.717) is 6.04 Å². The second-order valence-electron chi connectivity index (χ2n) is 5.24. The first-order valence-corrected chi connectivity index (χ1v) is 6.22. The van der Waals surface area contributed by atoms with E-state index in [4.69, 9.17) is 0 Å². The summed E-state index contributed by atoms with van der Waals surface area (Å²) < 4.78 is 0. The zero-order chi connectivity index (χ0) is 11.5. The standard InChI is InChI=1S/C14H22N2/c1-10(2)8-15-13-7-12-5-4-11(3)6-14(12)16-9-13/h4-6,10,13,15-16H,7-9H2,1-3H3. The minimum Gasteiger partial charge on any atom is -0.383 e. The Morgan fingerprint density at radius 2 is 2.25 bits per heavy atom. The number of hydrogen-bond acceptors (Lipinski definition) is 2. The summed E-state index contributed by atoms with van der Waals surface area (Å²) in [5.41, 5.74) is 4.10. The van der Waals surface area contributed by atoms with Crippen molar-refractivity contribution >= 4 is 5.69 Å². The van der Waals surface area contributed by atoms with Gasteiger partial charge in [0.15, 0.2) is 0 Å². The van der Waals surface area contributed by atoms with Crippen molar-refractivity contribution in [1.82, 2.24) is 5.32 Å². The summed E-state index contributed by atoms with van der Waals surface area (Å²) in [5, 5.41) is 7.13. The Morgan fingerprint density at radius 1 is 1.44 bits per heavy atom. The molecule has 2 heteroatoms. The van der Waals surface area contributed by atoms with Crippen molar-refractivity contribution in [1.29, 1.82) is 0 Å². The monoisotopic (exact) mass is 218 g/mol. The van der Waals surface area contributed by atoms with Crippen LogP contribution in [0.5, 0.6) is 0 Å². The predicted molar refractivity (Wildman–Crippen MR) is 70.0 cm³/mol. The molecule has 1 aliphatic heterocycles. The van der Waals surface area contributed by atoms with E-state index in [-0.39, 0.29) is 0 Å². The zero-order valence-electron chi connectivity index (χ0n) is 10.5. The normalized spacial score (nSPS) is 19.4. The fourth-order valence-electron chi connectivity index (χ4n) is 2.15. The lowest BCUT2D eigenvalue weighted by Gasteiger charge is -2.28. The molecule has 0 saturated carbocycles. The molecule has 2 nitrogen and oxygen atoms in total. The number of hydrogen-bond donors (Lipinski definition) is 2. The quantitative estimate of drug-likeness (QED) is 0.815. The summed E-state index contributed by atoms with van der Waals surface area (Å²) in [6.07, 6.45) is 1.15. The minimum absolute atomic E-state index is 0.581. The van der Waals surface area contributed by atoms with Gasteiger partial charge in [0.05, 0.1) is 0 Å². The fourth-order valence-corrected chi connectivity index (χ4v) is 2.15. The SMILES string of the molecule is Cc1ccc2c(c1)NCC(NCC(C)C)C2. The van der Waals surface area contributed by atoms with Crippen LogP contribution in [0, 0.1) is 12.8 Å². The number of nitrogens with one attached hydrogen (secondary N) is 2. The summed E-state index contributed by atoms with van der Waals surface area (Å²) in [6, 6.07) is 7.28. The average Bonchev–Trinajstić information content (AvgIpc) is 2.26. The van der Waals surface area contributed by atoms with E-state index in [0.717, 1.165) is 25.4 Å². The molecule has 1 unspecified atom stereocenters. The van der Waals surface area contributed by atoms with Gasteiger partial charge in [0, 0.05) is 18.3 Å².